The number of nitrogens with zero attached hydrogens (tertiary/aromatic N) is 1. The maximum absolute atomic E-state index is 9.81. The van der Waals surface area contributed by atoms with E-state index >= 15 is 0 Å². The summed E-state index contributed by atoms with van der Waals surface area (Å²) in [6, 6.07) is 23.4. The van der Waals surface area contributed by atoms with Crippen molar-refractivity contribution in [2.24, 2.45) is 5.92 Å². The molecule has 0 amide bonds. The Bertz CT molecular complexity index is 1280. The van der Waals surface area contributed by atoms with Crippen molar-refractivity contribution in [1.82, 2.24) is 5.32 Å². The van der Waals surface area contributed by atoms with Crippen LogP contribution in [0, 0.1) is 5.92 Å². The quantitative estimate of drug-likeness (QED) is 0.376. The van der Waals surface area contributed by atoms with E-state index in [1.165, 1.54) is 35.1 Å². The van der Waals surface area contributed by atoms with E-state index in [4.69, 9.17) is 9.47 Å². The van der Waals surface area contributed by atoms with Crippen molar-refractivity contribution < 1.29 is 14.6 Å². The van der Waals surface area contributed by atoms with E-state index in [1.807, 2.05) is 18.4 Å². The van der Waals surface area contributed by atoms with Crippen LogP contribution in [0.3, 0.4) is 0 Å². The molecular weight excluding hydrogens is 472 g/mol. The van der Waals surface area contributed by atoms with Gasteiger partial charge >= 0.3 is 0 Å². The Kier molecular flexibility index (Phi) is 7.28. The Labute approximate surface area is 226 Å². The Hall–Kier alpha value is -3.44. The number of rotatable bonds is 7. The van der Waals surface area contributed by atoms with Gasteiger partial charge in [-0.1, -0.05) is 42.5 Å². The fourth-order valence-electron chi connectivity index (χ4n) is 6.23. The normalized spacial score (nSPS) is 21.2. The zero-order valence-corrected chi connectivity index (χ0v) is 22.2. The summed E-state index contributed by atoms with van der Waals surface area (Å²) in [6.07, 6.45) is 6.69. The summed E-state index contributed by atoms with van der Waals surface area (Å²) in [5.74, 6) is 2.25. The molecule has 0 spiro atoms. The van der Waals surface area contributed by atoms with Gasteiger partial charge in [0.15, 0.2) is 0 Å². The maximum atomic E-state index is 9.81. The van der Waals surface area contributed by atoms with Crippen LogP contribution in [0.25, 0.3) is 0 Å². The molecule has 198 valence electrons. The first-order chi connectivity index (χ1) is 18.7. The topological polar surface area (TPSA) is 54.0 Å². The van der Waals surface area contributed by atoms with Crippen molar-refractivity contribution >= 4 is 5.69 Å². The van der Waals surface area contributed by atoms with E-state index in [0.717, 1.165) is 62.5 Å². The molecule has 5 nitrogen and oxygen atoms in total. The number of allylic oxidation sites excluding steroid dienone is 1. The number of hydrogen-bond donors (Lipinski definition) is 2. The Balaban J connectivity index is 1.13. The first-order valence-electron chi connectivity index (χ1n) is 14.1. The lowest BCUT2D eigenvalue weighted by Crippen LogP contribution is -2.26. The minimum Gasteiger partial charge on any atom is -0.508 e. The molecule has 3 aliphatic rings. The number of piperidine rings is 1. The number of benzene rings is 3. The molecule has 1 saturated heterocycles. The smallest absolute Gasteiger partial charge is 0.268 e. The van der Waals surface area contributed by atoms with Gasteiger partial charge in [0.2, 0.25) is 0 Å². The first kappa shape index (κ1) is 24.9. The number of ether oxygens (including phenoxy) is 2. The standard InChI is InChI=1S/C33H38N2O3/c1-2-35(21-23-7-9-24(10-8-23)25-15-17-34-18-16-25)31-6-4-3-5-30(31)33-37-22-32(38-33)28-12-11-27-20-29(36)14-13-26(27)19-28/h3-10,13-14,20,22,25,28,33-34,36H,2,11-12,15-19,21H2,1H3. The van der Waals surface area contributed by atoms with Crippen molar-refractivity contribution in [2.75, 3.05) is 24.5 Å². The second-order valence-corrected chi connectivity index (χ2v) is 10.8. The minimum absolute atomic E-state index is 0.296. The lowest BCUT2D eigenvalue weighted by Gasteiger charge is -2.28. The number of anilines is 1. The second kappa shape index (κ2) is 11.1. The predicted octanol–water partition coefficient (Wildman–Crippen LogP) is 6.58. The SMILES string of the molecule is CCN(Cc1ccc(C2CCNCC2)cc1)c1ccccc1C1OC=C(C2CCc3cc(O)ccc3C2)O1. The summed E-state index contributed by atoms with van der Waals surface area (Å²) in [4.78, 5) is 2.41. The van der Waals surface area contributed by atoms with Crippen LogP contribution in [0.5, 0.6) is 5.75 Å². The summed E-state index contributed by atoms with van der Waals surface area (Å²) >= 11 is 0. The van der Waals surface area contributed by atoms with Crippen LogP contribution in [0.2, 0.25) is 0 Å². The molecule has 5 heteroatoms. The van der Waals surface area contributed by atoms with Crippen molar-refractivity contribution in [3.63, 3.8) is 0 Å². The molecule has 6 rings (SSSR count). The summed E-state index contributed by atoms with van der Waals surface area (Å²) in [7, 11) is 0. The molecule has 1 aliphatic carbocycles. The van der Waals surface area contributed by atoms with Crippen LogP contribution in [-0.2, 0) is 28.9 Å². The Morgan fingerprint density at radius 2 is 1.74 bits per heavy atom. The number of phenolic OH excluding ortho intramolecular Hbond substituents is 1. The van der Waals surface area contributed by atoms with Gasteiger partial charge in [0, 0.05) is 24.7 Å². The van der Waals surface area contributed by atoms with Gasteiger partial charge in [0.05, 0.1) is 5.56 Å². The lowest BCUT2D eigenvalue weighted by molar-refractivity contribution is -0.0402. The molecule has 3 aromatic rings. The Morgan fingerprint density at radius 3 is 2.55 bits per heavy atom. The third-order valence-electron chi connectivity index (χ3n) is 8.45. The molecular formula is C33H38N2O3. The van der Waals surface area contributed by atoms with Crippen LogP contribution in [0.4, 0.5) is 5.69 Å². The van der Waals surface area contributed by atoms with Crippen molar-refractivity contribution in [3.8, 4) is 5.75 Å². The van der Waals surface area contributed by atoms with Crippen LogP contribution in [-0.4, -0.2) is 24.7 Å². The molecule has 0 aromatic heterocycles. The molecule has 38 heavy (non-hydrogen) atoms. The average molecular weight is 511 g/mol. The van der Waals surface area contributed by atoms with Crippen LogP contribution in [0.1, 0.15) is 66.2 Å². The molecule has 0 saturated carbocycles. The van der Waals surface area contributed by atoms with Crippen molar-refractivity contribution in [2.45, 2.75) is 57.8 Å². The minimum atomic E-state index is -0.432. The maximum Gasteiger partial charge on any atom is 0.268 e. The van der Waals surface area contributed by atoms with Gasteiger partial charge in [-0.15, -0.1) is 0 Å². The Morgan fingerprint density at radius 1 is 0.921 bits per heavy atom. The van der Waals surface area contributed by atoms with Gasteiger partial charge < -0.3 is 24.8 Å². The van der Waals surface area contributed by atoms with Gasteiger partial charge in [-0.2, -0.15) is 0 Å². The van der Waals surface area contributed by atoms with E-state index < -0.39 is 6.29 Å². The number of aromatic hydroxyl groups is 1. The highest BCUT2D eigenvalue weighted by Crippen LogP contribution is 2.41. The van der Waals surface area contributed by atoms with Gasteiger partial charge in [0.1, 0.15) is 17.8 Å². The van der Waals surface area contributed by atoms with E-state index in [9.17, 15) is 5.11 Å². The highest BCUT2D eigenvalue weighted by Gasteiger charge is 2.32. The molecule has 2 unspecified atom stereocenters. The van der Waals surface area contributed by atoms with Gasteiger partial charge in [-0.05, 0) is 105 Å². The highest BCUT2D eigenvalue weighted by molar-refractivity contribution is 5.55. The monoisotopic (exact) mass is 510 g/mol. The zero-order chi connectivity index (χ0) is 25.9. The van der Waals surface area contributed by atoms with Crippen LogP contribution < -0.4 is 10.2 Å². The third-order valence-corrected chi connectivity index (χ3v) is 8.45. The first-order valence-corrected chi connectivity index (χ1v) is 14.1. The summed E-state index contributed by atoms with van der Waals surface area (Å²) in [5, 5.41) is 13.3. The number of para-hydroxylation sites is 1. The van der Waals surface area contributed by atoms with Gasteiger partial charge in [-0.25, -0.2) is 0 Å². The zero-order valence-electron chi connectivity index (χ0n) is 22.2. The van der Waals surface area contributed by atoms with Crippen LogP contribution in [0.15, 0.2) is 78.8 Å². The molecule has 3 aromatic carbocycles. The number of nitrogens with one attached hydrogen (secondary N) is 1. The van der Waals surface area contributed by atoms with E-state index in [2.05, 4.69) is 65.7 Å². The molecule has 2 N–H and O–H groups in total. The number of fused-ring (bicyclic) bond motifs is 1. The van der Waals surface area contributed by atoms with Gasteiger partial charge in [-0.3, -0.25) is 0 Å². The fourth-order valence-corrected chi connectivity index (χ4v) is 6.23. The largest absolute Gasteiger partial charge is 0.508 e. The molecule has 0 radical (unpaired) electrons. The summed E-state index contributed by atoms with van der Waals surface area (Å²) in [5.41, 5.74) is 7.53. The van der Waals surface area contributed by atoms with E-state index in [-0.39, 0.29) is 0 Å². The summed E-state index contributed by atoms with van der Waals surface area (Å²) < 4.78 is 12.6. The predicted molar refractivity (Wildman–Crippen MR) is 151 cm³/mol. The number of aryl methyl sites for hydroxylation is 1. The average Bonchev–Trinajstić information content (AvgIpc) is 3.47. The van der Waals surface area contributed by atoms with Crippen LogP contribution >= 0.6 is 0 Å². The molecule has 2 aliphatic heterocycles. The van der Waals surface area contributed by atoms with Crippen molar-refractivity contribution in [1.29, 1.82) is 0 Å². The molecule has 0 bridgehead atoms. The molecule has 2 atom stereocenters. The summed E-state index contributed by atoms with van der Waals surface area (Å²) in [6.45, 7) is 6.18. The highest BCUT2D eigenvalue weighted by atomic mass is 16.7. The number of phenols is 1. The van der Waals surface area contributed by atoms with Crippen molar-refractivity contribution in [3.05, 3.63) is 107 Å². The van der Waals surface area contributed by atoms with E-state index in [1.54, 1.807) is 6.07 Å². The van der Waals surface area contributed by atoms with E-state index in [0.29, 0.717) is 17.6 Å². The molecule has 2 heterocycles. The second-order valence-electron chi connectivity index (χ2n) is 10.8. The number of hydrogen-bond acceptors (Lipinski definition) is 5. The third kappa shape index (κ3) is 5.25. The lowest BCUT2D eigenvalue weighted by atomic mass is 9.83. The molecule has 1 fully saturated rings. The fraction of sp³-hybridized carbons (Fsp3) is 0.394. The van der Waals surface area contributed by atoms with Gasteiger partial charge in [0.25, 0.3) is 6.29 Å².